The maximum Gasteiger partial charge on any atom is 0.161 e. The second kappa shape index (κ2) is 5.48. The predicted molar refractivity (Wildman–Crippen MR) is 89.7 cm³/mol. The average Bonchev–Trinajstić information content (AvgIpc) is 3.14. The number of aromatic amines is 1. The number of Topliss-reactive ketones (excluding diaryl/α,β-unsaturated/α-hetero) is 1. The van der Waals surface area contributed by atoms with Crippen molar-refractivity contribution in [2.45, 2.75) is 13.8 Å². The van der Waals surface area contributed by atoms with Crippen molar-refractivity contribution in [2.24, 2.45) is 0 Å². The fraction of sp³-hybridized carbons (Fsp3) is 0.111. The van der Waals surface area contributed by atoms with Gasteiger partial charge in [-0.05, 0) is 31.6 Å². The summed E-state index contributed by atoms with van der Waals surface area (Å²) in [5.41, 5.74) is 4.81. The predicted octanol–water partition coefficient (Wildman–Crippen LogP) is 4.28. The van der Waals surface area contributed by atoms with E-state index in [2.05, 4.69) is 22.8 Å². The molecule has 3 aromatic rings. The highest BCUT2D eigenvalue weighted by Crippen LogP contribution is 2.29. The first-order valence-corrected chi connectivity index (χ1v) is 7.06. The van der Waals surface area contributed by atoms with Crippen molar-refractivity contribution in [1.29, 1.82) is 0 Å². The Labute approximate surface area is 128 Å². The van der Waals surface area contributed by atoms with Gasteiger partial charge in [0.25, 0.3) is 0 Å². The largest absolute Gasteiger partial charge is 0.320 e. The van der Waals surface area contributed by atoms with Crippen LogP contribution < -0.4 is 0 Å². The molecule has 0 bridgehead atoms. The Balaban J connectivity index is 2.29. The number of rotatable bonds is 4. The number of aromatic nitrogens is 3. The van der Waals surface area contributed by atoms with E-state index in [1.165, 1.54) is 0 Å². The zero-order valence-electron chi connectivity index (χ0n) is 12.6. The molecule has 3 rings (SSSR count). The average molecular weight is 291 g/mol. The molecule has 0 saturated carbocycles. The number of nitrogens with one attached hydrogen (secondary N) is 1. The third-order valence-electron chi connectivity index (χ3n) is 3.76. The number of carbonyl (C=O) groups excluding carboxylic acids is 1. The molecule has 2 aromatic heterocycles. The zero-order chi connectivity index (χ0) is 15.7. The Morgan fingerprint density at radius 1 is 1.32 bits per heavy atom. The topological polar surface area (TPSA) is 50.7 Å². The van der Waals surface area contributed by atoms with Gasteiger partial charge in [0.05, 0.1) is 11.7 Å². The molecule has 0 aliphatic carbocycles. The van der Waals surface area contributed by atoms with Gasteiger partial charge < -0.3 is 4.57 Å². The van der Waals surface area contributed by atoms with Gasteiger partial charge >= 0.3 is 0 Å². The minimum Gasteiger partial charge on any atom is -0.320 e. The lowest BCUT2D eigenvalue weighted by Crippen LogP contribution is -1.92. The van der Waals surface area contributed by atoms with Gasteiger partial charge in [-0.3, -0.25) is 9.89 Å². The van der Waals surface area contributed by atoms with Crippen LogP contribution in [0.25, 0.3) is 27.7 Å². The molecular formula is C18H17N3O. The van der Waals surface area contributed by atoms with Crippen molar-refractivity contribution in [2.75, 3.05) is 0 Å². The van der Waals surface area contributed by atoms with Gasteiger partial charge in [-0.1, -0.05) is 24.8 Å². The summed E-state index contributed by atoms with van der Waals surface area (Å²) >= 11 is 0. The zero-order valence-corrected chi connectivity index (χ0v) is 12.6. The van der Waals surface area contributed by atoms with Crippen LogP contribution in [0.2, 0.25) is 0 Å². The highest BCUT2D eigenvalue weighted by atomic mass is 16.1. The van der Waals surface area contributed by atoms with Crippen LogP contribution in [0.15, 0.2) is 55.5 Å². The lowest BCUT2D eigenvalue weighted by Gasteiger charge is -2.06. The maximum absolute atomic E-state index is 11.9. The van der Waals surface area contributed by atoms with Gasteiger partial charge in [0, 0.05) is 34.6 Å². The van der Waals surface area contributed by atoms with E-state index in [1.54, 1.807) is 19.2 Å². The molecule has 0 saturated heterocycles. The molecule has 0 unspecified atom stereocenters. The van der Waals surface area contributed by atoms with Gasteiger partial charge in [-0.2, -0.15) is 5.10 Å². The van der Waals surface area contributed by atoms with E-state index in [-0.39, 0.29) is 5.78 Å². The number of ketones is 1. The van der Waals surface area contributed by atoms with Gasteiger partial charge in [0.1, 0.15) is 0 Å². The molecule has 22 heavy (non-hydrogen) atoms. The standard InChI is InChI=1S/C18H17N3O/c1-4-5-12(2)21-11-17(13(3)22)16-7-6-14(8-18(16)21)15-9-19-20-10-15/h4-11H,1H2,2-3H3,(H,19,20). The van der Waals surface area contributed by atoms with E-state index in [9.17, 15) is 4.79 Å². The van der Waals surface area contributed by atoms with Crippen LogP contribution in [0.4, 0.5) is 0 Å². The van der Waals surface area contributed by atoms with Crippen molar-refractivity contribution in [3.63, 3.8) is 0 Å². The Morgan fingerprint density at radius 3 is 2.77 bits per heavy atom. The molecular weight excluding hydrogens is 274 g/mol. The summed E-state index contributed by atoms with van der Waals surface area (Å²) in [7, 11) is 0. The minimum atomic E-state index is 0.0613. The highest BCUT2D eigenvalue weighted by Gasteiger charge is 2.13. The van der Waals surface area contributed by atoms with Crippen LogP contribution in [0.3, 0.4) is 0 Å². The summed E-state index contributed by atoms with van der Waals surface area (Å²) in [4.78, 5) is 11.9. The summed E-state index contributed by atoms with van der Waals surface area (Å²) in [6.07, 6.45) is 9.20. The fourth-order valence-corrected chi connectivity index (χ4v) is 2.64. The van der Waals surface area contributed by atoms with E-state index >= 15 is 0 Å². The third-order valence-corrected chi connectivity index (χ3v) is 3.76. The van der Waals surface area contributed by atoms with Crippen LogP contribution in [0.1, 0.15) is 24.2 Å². The van der Waals surface area contributed by atoms with Crippen molar-refractivity contribution in [3.05, 3.63) is 61.1 Å². The summed E-state index contributed by atoms with van der Waals surface area (Å²) in [6.45, 7) is 7.33. The lowest BCUT2D eigenvalue weighted by atomic mass is 10.0. The van der Waals surface area contributed by atoms with Crippen LogP contribution in [0, 0.1) is 0 Å². The number of fused-ring (bicyclic) bond motifs is 1. The number of carbonyl (C=O) groups is 1. The smallest absolute Gasteiger partial charge is 0.161 e. The molecule has 1 aromatic carbocycles. The molecule has 0 atom stereocenters. The molecule has 0 fully saturated rings. The number of H-pyrrole nitrogens is 1. The van der Waals surface area contributed by atoms with Gasteiger partial charge in [0.2, 0.25) is 0 Å². The minimum absolute atomic E-state index is 0.0613. The van der Waals surface area contributed by atoms with Crippen molar-refractivity contribution in [3.8, 4) is 11.1 Å². The van der Waals surface area contributed by atoms with E-state index < -0.39 is 0 Å². The Bertz CT molecular complexity index is 883. The normalized spacial score (nSPS) is 11.8. The molecule has 0 amide bonds. The van der Waals surface area contributed by atoms with Crippen molar-refractivity contribution >= 4 is 22.4 Å². The first-order chi connectivity index (χ1) is 10.6. The van der Waals surface area contributed by atoms with Gasteiger partial charge in [-0.15, -0.1) is 0 Å². The van der Waals surface area contributed by atoms with Gasteiger partial charge in [-0.25, -0.2) is 0 Å². The Hall–Kier alpha value is -2.88. The molecule has 1 N–H and O–H groups in total. The molecule has 4 nitrogen and oxygen atoms in total. The number of hydrogen-bond acceptors (Lipinski definition) is 2. The molecule has 0 aliphatic rings. The molecule has 0 aliphatic heterocycles. The molecule has 4 heteroatoms. The molecule has 0 radical (unpaired) electrons. The maximum atomic E-state index is 11.9. The van der Waals surface area contributed by atoms with Crippen LogP contribution in [0.5, 0.6) is 0 Å². The van der Waals surface area contributed by atoms with E-state index in [0.717, 1.165) is 33.3 Å². The number of hydrogen-bond donors (Lipinski definition) is 1. The second-order valence-corrected chi connectivity index (χ2v) is 5.23. The van der Waals surface area contributed by atoms with E-state index in [4.69, 9.17) is 0 Å². The van der Waals surface area contributed by atoms with Crippen LogP contribution in [-0.2, 0) is 0 Å². The number of nitrogens with zero attached hydrogens (tertiary/aromatic N) is 2. The van der Waals surface area contributed by atoms with Crippen LogP contribution in [-0.4, -0.2) is 20.5 Å². The summed E-state index contributed by atoms with van der Waals surface area (Å²) in [5, 5.41) is 7.77. The molecule has 2 heterocycles. The Morgan fingerprint density at radius 2 is 2.14 bits per heavy atom. The Kier molecular flexibility index (Phi) is 3.51. The van der Waals surface area contributed by atoms with E-state index in [0.29, 0.717) is 0 Å². The van der Waals surface area contributed by atoms with E-state index in [1.807, 2.05) is 42.1 Å². The first-order valence-electron chi connectivity index (χ1n) is 7.06. The van der Waals surface area contributed by atoms with Crippen LogP contribution >= 0.6 is 0 Å². The highest BCUT2D eigenvalue weighted by molar-refractivity contribution is 6.08. The number of allylic oxidation sites excluding steroid dienone is 3. The summed E-state index contributed by atoms with van der Waals surface area (Å²) < 4.78 is 2.03. The van der Waals surface area contributed by atoms with Crippen molar-refractivity contribution < 1.29 is 4.79 Å². The fourth-order valence-electron chi connectivity index (χ4n) is 2.64. The number of benzene rings is 1. The second-order valence-electron chi connectivity index (χ2n) is 5.23. The summed E-state index contributed by atoms with van der Waals surface area (Å²) in [6, 6.07) is 6.08. The quantitative estimate of drug-likeness (QED) is 0.576. The monoisotopic (exact) mass is 291 g/mol. The summed E-state index contributed by atoms with van der Waals surface area (Å²) in [5.74, 6) is 0.0613. The lowest BCUT2D eigenvalue weighted by molar-refractivity contribution is 0.101. The van der Waals surface area contributed by atoms with Gasteiger partial charge in [0.15, 0.2) is 5.78 Å². The molecule has 0 spiro atoms. The first kappa shape index (κ1) is 14.1. The SMILES string of the molecule is C=CC=C(C)n1cc(C(C)=O)c2ccc(-c3cn[nH]c3)cc21. The van der Waals surface area contributed by atoms with Crippen molar-refractivity contribution in [1.82, 2.24) is 14.8 Å². The third kappa shape index (κ3) is 2.29. The molecule has 110 valence electrons.